The van der Waals surface area contributed by atoms with Gasteiger partial charge in [0.25, 0.3) is 0 Å². The normalized spacial score (nSPS) is 15.5. The Morgan fingerprint density at radius 1 is 1.00 bits per heavy atom. The van der Waals surface area contributed by atoms with Crippen molar-refractivity contribution in [1.29, 1.82) is 0 Å². The van der Waals surface area contributed by atoms with Gasteiger partial charge in [-0.05, 0) is 61.4 Å². The number of ketones is 1. The van der Waals surface area contributed by atoms with E-state index in [4.69, 9.17) is 0 Å². The highest BCUT2D eigenvalue weighted by atomic mass is 16.1. The predicted molar refractivity (Wildman–Crippen MR) is 101 cm³/mol. The van der Waals surface area contributed by atoms with Crippen molar-refractivity contribution in [2.45, 2.75) is 39.0 Å². The summed E-state index contributed by atoms with van der Waals surface area (Å²) in [5.41, 5.74) is 3.54. The average molecular weight is 321 g/mol. The van der Waals surface area contributed by atoms with Crippen molar-refractivity contribution < 1.29 is 4.79 Å². The van der Waals surface area contributed by atoms with E-state index in [2.05, 4.69) is 47.4 Å². The standard InChI is InChI=1S/C22H27NO/c1-2-22(24)20-10-12-21(13-11-20)23-16-14-19(15-17-23)9-8-18-6-4-3-5-7-18/h3-7,10-13,19H,2,8-9,14-17H2,1H3. The van der Waals surface area contributed by atoms with Crippen molar-refractivity contribution in [1.82, 2.24) is 0 Å². The topological polar surface area (TPSA) is 20.3 Å². The second kappa shape index (κ2) is 8.14. The van der Waals surface area contributed by atoms with Crippen molar-refractivity contribution in [2.75, 3.05) is 18.0 Å². The minimum absolute atomic E-state index is 0.223. The zero-order chi connectivity index (χ0) is 16.8. The molecule has 2 aromatic rings. The number of benzene rings is 2. The van der Waals surface area contributed by atoms with Crippen LogP contribution in [-0.4, -0.2) is 18.9 Å². The summed E-state index contributed by atoms with van der Waals surface area (Å²) in [7, 11) is 0. The number of rotatable bonds is 6. The Morgan fingerprint density at radius 2 is 1.67 bits per heavy atom. The SMILES string of the molecule is CCC(=O)c1ccc(N2CCC(CCc3ccccc3)CC2)cc1. The van der Waals surface area contributed by atoms with Gasteiger partial charge in [0, 0.05) is 30.8 Å². The van der Waals surface area contributed by atoms with E-state index in [1.54, 1.807) is 0 Å². The summed E-state index contributed by atoms with van der Waals surface area (Å²) < 4.78 is 0. The van der Waals surface area contributed by atoms with Gasteiger partial charge in [-0.2, -0.15) is 0 Å². The summed E-state index contributed by atoms with van der Waals surface area (Å²) in [5.74, 6) is 1.06. The highest BCUT2D eigenvalue weighted by Crippen LogP contribution is 2.26. The third kappa shape index (κ3) is 4.25. The fraction of sp³-hybridized carbons (Fsp3) is 0.409. The molecule has 0 aliphatic carbocycles. The lowest BCUT2D eigenvalue weighted by atomic mass is 9.90. The minimum Gasteiger partial charge on any atom is -0.372 e. The third-order valence-corrected chi connectivity index (χ3v) is 5.17. The monoisotopic (exact) mass is 321 g/mol. The number of carbonyl (C=O) groups excluding carboxylic acids is 1. The van der Waals surface area contributed by atoms with Crippen molar-refractivity contribution in [2.24, 2.45) is 5.92 Å². The van der Waals surface area contributed by atoms with E-state index in [0.29, 0.717) is 6.42 Å². The summed E-state index contributed by atoms with van der Waals surface area (Å²) in [6.45, 7) is 4.16. The summed E-state index contributed by atoms with van der Waals surface area (Å²) in [6, 6.07) is 19.0. The van der Waals surface area contributed by atoms with Gasteiger partial charge in [0.1, 0.15) is 0 Å². The van der Waals surface area contributed by atoms with Gasteiger partial charge in [0.15, 0.2) is 5.78 Å². The number of hydrogen-bond acceptors (Lipinski definition) is 2. The van der Waals surface area contributed by atoms with Gasteiger partial charge in [0.2, 0.25) is 0 Å². The number of anilines is 1. The van der Waals surface area contributed by atoms with Gasteiger partial charge < -0.3 is 4.90 Å². The second-order valence-corrected chi connectivity index (χ2v) is 6.78. The first-order valence-corrected chi connectivity index (χ1v) is 9.18. The van der Waals surface area contributed by atoms with Gasteiger partial charge in [-0.25, -0.2) is 0 Å². The van der Waals surface area contributed by atoms with Crippen LogP contribution in [0.25, 0.3) is 0 Å². The van der Waals surface area contributed by atoms with Gasteiger partial charge in [0.05, 0.1) is 0 Å². The Balaban J connectivity index is 1.49. The van der Waals surface area contributed by atoms with Gasteiger partial charge >= 0.3 is 0 Å². The first-order valence-electron chi connectivity index (χ1n) is 9.18. The molecule has 0 amide bonds. The van der Waals surface area contributed by atoms with Crippen LogP contribution in [0.1, 0.15) is 48.5 Å². The van der Waals surface area contributed by atoms with Crippen LogP contribution < -0.4 is 4.90 Å². The van der Waals surface area contributed by atoms with Crippen molar-refractivity contribution >= 4 is 11.5 Å². The van der Waals surface area contributed by atoms with E-state index in [-0.39, 0.29) is 5.78 Å². The van der Waals surface area contributed by atoms with Crippen LogP contribution in [0.15, 0.2) is 54.6 Å². The molecule has 0 atom stereocenters. The zero-order valence-corrected chi connectivity index (χ0v) is 14.6. The van der Waals surface area contributed by atoms with E-state index in [1.807, 2.05) is 19.1 Å². The fourth-order valence-electron chi connectivity index (χ4n) is 3.56. The van der Waals surface area contributed by atoms with Crippen LogP contribution in [0, 0.1) is 5.92 Å². The molecule has 3 rings (SSSR count). The Labute approximate surface area is 145 Å². The van der Waals surface area contributed by atoms with Crippen LogP contribution >= 0.6 is 0 Å². The van der Waals surface area contributed by atoms with E-state index in [9.17, 15) is 4.79 Å². The molecule has 1 fully saturated rings. The third-order valence-electron chi connectivity index (χ3n) is 5.17. The molecular weight excluding hydrogens is 294 g/mol. The molecular formula is C22H27NO. The summed E-state index contributed by atoms with van der Waals surface area (Å²) >= 11 is 0. The van der Waals surface area contributed by atoms with Crippen LogP contribution in [0.2, 0.25) is 0 Å². The van der Waals surface area contributed by atoms with E-state index >= 15 is 0 Å². The molecule has 0 unspecified atom stereocenters. The minimum atomic E-state index is 0.223. The number of hydrogen-bond donors (Lipinski definition) is 0. The maximum atomic E-state index is 11.7. The van der Waals surface area contributed by atoms with E-state index in [1.165, 1.54) is 36.9 Å². The lowest BCUT2D eigenvalue weighted by Crippen LogP contribution is -2.33. The van der Waals surface area contributed by atoms with Crippen molar-refractivity contribution in [3.05, 3.63) is 65.7 Å². The maximum Gasteiger partial charge on any atom is 0.162 e. The smallest absolute Gasteiger partial charge is 0.162 e. The molecule has 0 aromatic heterocycles. The fourth-order valence-corrected chi connectivity index (χ4v) is 3.56. The van der Waals surface area contributed by atoms with Crippen LogP contribution in [0.3, 0.4) is 0 Å². The van der Waals surface area contributed by atoms with Crippen LogP contribution in [0.5, 0.6) is 0 Å². The highest BCUT2D eigenvalue weighted by Gasteiger charge is 2.19. The van der Waals surface area contributed by atoms with Crippen LogP contribution in [-0.2, 0) is 6.42 Å². The highest BCUT2D eigenvalue weighted by molar-refractivity contribution is 5.96. The lowest BCUT2D eigenvalue weighted by molar-refractivity contribution is 0.0988. The summed E-state index contributed by atoms with van der Waals surface area (Å²) in [6.07, 6.45) is 5.60. The largest absolute Gasteiger partial charge is 0.372 e. The van der Waals surface area contributed by atoms with Crippen LogP contribution in [0.4, 0.5) is 5.69 Å². The Kier molecular flexibility index (Phi) is 5.68. The number of carbonyl (C=O) groups is 1. The molecule has 126 valence electrons. The molecule has 0 bridgehead atoms. The first-order chi connectivity index (χ1) is 11.8. The number of aryl methyl sites for hydroxylation is 1. The van der Waals surface area contributed by atoms with E-state index < -0.39 is 0 Å². The molecule has 0 radical (unpaired) electrons. The molecule has 1 saturated heterocycles. The first kappa shape index (κ1) is 16.8. The lowest BCUT2D eigenvalue weighted by Gasteiger charge is -2.33. The molecule has 1 heterocycles. The average Bonchev–Trinajstić information content (AvgIpc) is 2.67. The molecule has 1 aliphatic rings. The molecule has 0 spiro atoms. The van der Waals surface area contributed by atoms with E-state index in [0.717, 1.165) is 24.6 Å². The zero-order valence-electron chi connectivity index (χ0n) is 14.6. The molecule has 24 heavy (non-hydrogen) atoms. The Bertz CT molecular complexity index is 639. The second-order valence-electron chi connectivity index (χ2n) is 6.78. The van der Waals surface area contributed by atoms with Gasteiger partial charge in [-0.15, -0.1) is 0 Å². The molecule has 2 heteroatoms. The Hall–Kier alpha value is -2.09. The molecule has 2 aromatic carbocycles. The molecule has 0 N–H and O–H groups in total. The summed E-state index contributed by atoms with van der Waals surface area (Å²) in [5, 5.41) is 0. The van der Waals surface area contributed by atoms with Gasteiger partial charge in [-0.1, -0.05) is 37.3 Å². The maximum absolute atomic E-state index is 11.7. The molecule has 0 saturated carbocycles. The van der Waals surface area contributed by atoms with Gasteiger partial charge in [-0.3, -0.25) is 4.79 Å². The van der Waals surface area contributed by atoms with Crippen molar-refractivity contribution in [3.63, 3.8) is 0 Å². The summed E-state index contributed by atoms with van der Waals surface area (Å²) in [4.78, 5) is 14.2. The predicted octanol–water partition coefficient (Wildman–Crippen LogP) is 5.13. The van der Waals surface area contributed by atoms with Crippen molar-refractivity contribution in [3.8, 4) is 0 Å². The number of piperidine rings is 1. The number of Topliss-reactive ketones (excluding diaryl/α,β-unsaturated/α-hetero) is 1. The Morgan fingerprint density at radius 3 is 2.29 bits per heavy atom. The molecule has 1 aliphatic heterocycles. The number of nitrogens with zero attached hydrogens (tertiary/aromatic N) is 1. The quantitative estimate of drug-likeness (QED) is 0.688. The molecule has 2 nitrogen and oxygen atoms in total.